The molecule has 3 rings (SSSR count). The van der Waals surface area contributed by atoms with E-state index >= 15 is 0 Å². The molecule has 2 aromatic heterocycles. The van der Waals surface area contributed by atoms with Crippen LogP contribution in [0, 0.1) is 0 Å². The van der Waals surface area contributed by atoms with Gasteiger partial charge in [-0.15, -0.1) is 0 Å². The maximum absolute atomic E-state index is 5.49. The van der Waals surface area contributed by atoms with E-state index in [0.717, 1.165) is 42.3 Å². The van der Waals surface area contributed by atoms with Gasteiger partial charge in [0, 0.05) is 12.5 Å². The van der Waals surface area contributed by atoms with Gasteiger partial charge in [-0.2, -0.15) is 0 Å². The van der Waals surface area contributed by atoms with Crippen molar-refractivity contribution in [3.8, 4) is 0 Å². The molecular formula is C15H22N4O. The van der Waals surface area contributed by atoms with Crippen molar-refractivity contribution in [1.82, 2.24) is 19.5 Å². The number of aromatic nitrogens is 4. The Bertz CT molecular complexity index is 593. The van der Waals surface area contributed by atoms with Crippen molar-refractivity contribution < 1.29 is 4.74 Å². The highest BCUT2D eigenvalue weighted by Gasteiger charge is 2.21. The Morgan fingerprint density at radius 3 is 3.05 bits per heavy atom. The Morgan fingerprint density at radius 2 is 2.25 bits per heavy atom. The fraction of sp³-hybridized carbons (Fsp3) is 0.667. The summed E-state index contributed by atoms with van der Waals surface area (Å²) in [6, 6.07) is 0. The molecule has 108 valence electrons. The van der Waals surface area contributed by atoms with Gasteiger partial charge in [0.25, 0.3) is 0 Å². The van der Waals surface area contributed by atoms with Crippen molar-refractivity contribution in [3.05, 3.63) is 17.8 Å². The summed E-state index contributed by atoms with van der Waals surface area (Å²) in [6.07, 6.45) is 6.43. The average Bonchev–Trinajstić information content (AvgIpc) is 2.87. The molecule has 1 unspecified atom stereocenters. The van der Waals surface area contributed by atoms with Crippen molar-refractivity contribution in [3.63, 3.8) is 0 Å². The lowest BCUT2D eigenvalue weighted by Gasteiger charge is -2.15. The highest BCUT2D eigenvalue weighted by molar-refractivity contribution is 5.74. The molecule has 1 aliphatic rings. The summed E-state index contributed by atoms with van der Waals surface area (Å²) in [5.41, 5.74) is 3.08. The monoisotopic (exact) mass is 274 g/mol. The van der Waals surface area contributed by atoms with Crippen LogP contribution in [0.5, 0.6) is 0 Å². The Balaban J connectivity index is 2.04. The molecule has 5 nitrogen and oxygen atoms in total. The minimum Gasteiger partial charge on any atom is -0.372 e. The second-order valence-corrected chi connectivity index (χ2v) is 5.41. The molecule has 5 heteroatoms. The van der Waals surface area contributed by atoms with E-state index in [4.69, 9.17) is 9.72 Å². The van der Waals surface area contributed by atoms with Gasteiger partial charge < -0.3 is 9.30 Å². The van der Waals surface area contributed by atoms with Crippen molar-refractivity contribution in [2.75, 3.05) is 6.61 Å². The quantitative estimate of drug-likeness (QED) is 0.841. The Hall–Kier alpha value is -1.49. The lowest BCUT2D eigenvalue weighted by atomic mass is 9.95. The second-order valence-electron chi connectivity index (χ2n) is 5.41. The number of rotatable bonds is 5. The smallest absolute Gasteiger partial charge is 0.163 e. The fourth-order valence-corrected chi connectivity index (χ4v) is 2.95. The van der Waals surface area contributed by atoms with Gasteiger partial charge in [-0.25, -0.2) is 15.0 Å². The molecule has 0 saturated carbocycles. The second kappa shape index (κ2) is 5.87. The van der Waals surface area contributed by atoms with Crippen molar-refractivity contribution in [2.45, 2.75) is 58.6 Å². The predicted molar refractivity (Wildman–Crippen MR) is 77.5 cm³/mol. The summed E-state index contributed by atoms with van der Waals surface area (Å²) < 4.78 is 7.66. The highest BCUT2D eigenvalue weighted by atomic mass is 16.5. The zero-order chi connectivity index (χ0) is 13.9. The molecule has 0 bridgehead atoms. The summed E-state index contributed by atoms with van der Waals surface area (Å²) in [6.45, 7) is 6.63. The molecule has 0 radical (unpaired) electrons. The summed E-state index contributed by atoms with van der Waals surface area (Å²) >= 11 is 0. The summed E-state index contributed by atoms with van der Waals surface area (Å²) in [4.78, 5) is 13.7. The van der Waals surface area contributed by atoms with Crippen LogP contribution in [0.4, 0.5) is 0 Å². The lowest BCUT2D eigenvalue weighted by Crippen LogP contribution is -2.16. The van der Waals surface area contributed by atoms with Gasteiger partial charge in [0.1, 0.15) is 24.3 Å². The van der Waals surface area contributed by atoms with E-state index in [1.54, 1.807) is 6.33 Å². The summed E-state index contributed by atoms with van der Waals surface area (Å²) in [5.74, 6) is 1.47. The van der Waals surface area contributed by atoms with Crippen LogP contribution >= 0.6 is 0 Å². The number of fused-ring (bicyclic) bond motifs is 3. The van der Waals surface area contributed by atoms with E-state index in [1.165, 1.54) is 19.3 Å². The Morgan fingerprint density at radius 1 is 1.35 bits per heavy atom. The van der Waals surface area contributed by atoms with E-state index in [0.29, 0.717) is 12.5 Å². The van der Waals surface area contributed by atoms with E-state index in [2.05, 4.69) is 28.4 Å². The Kier molecular flexibility index (Phi) is 3.96. The van der Waals surface area contributed by atoms with Gasteiger partial charge in [-0.1, -0.05) is 26.7 Å². The number of hydrogen-bond donors (Lipinski definition) is 0. The molecule has 20 heavy (non-hydrogen) atoms. The van der Waals surface area contributed by atoms with Gasteiger partial charge in [0.2, 0.25) is 0 Å². The first kappa shape index (κ1) is 13.5. The van der Waals surface area contributed by atoms with E-state index < -0.39 is 0 Å². The Labute approximate surface area is 119 Å². The first-order valence-electron chi connectivity index (χ1n) is 7.62. The van der Waals surface area contributed by atoms with Crippen LogP contribution in [-0.2, 0) is 17.9 Å². The molecular weight excluding hydrogens is 252 g/mol. The van der Waals surface area contributed by atoms with Crippen LogP contribution in [0.3, 0.4) is 0 Å². The minimum absolute atomic E-state index is 0.485. The van der Waals surface area contributed by atoms with E-state index in [-0.39, 0.29) is 0 Å². The third kappa shape index (κ3) is 2.30. The molecule has 3 heterocycles. The molecule has 1 atom stereocenters. The van der Waals surface area contributed by atoms with Gasteiger partial charge in [-0.05, 0) is 12.8 Å². The third-order valence-corrected chi connectivity index (χ3v) is 4.12. The zero-order valence-corrected chi connectivity index (χ0v) is 12.3. The number of unbranched alkanes of at least 4 members (excludes halogenated alkanes) is 1. The maximum atomic E-state index is 5.49. The molecule has 0 aromatic carbocycles. The molecule has 0 aliphatic carbocycles. The predicted octanol–water partition coefficient (Wildman–Crippen LogP) is 3.04. The number of imidazole rings is 1. The number of nitrogens with zero attached hydrogens (tertiary/aromatic N) is 4. The van der Waals surface area contributed by atoms with Gasteiger partial charge in [-0.3, -0.25) is 0 Å². The molecule has 0 amide bonds. The first-order chi connectivity index (χ1) is 9.85. The largest absolute Gasteiger partial charge is 0.372 e. The highest BCUT2D eigenvalue weighted by Crippen LogP contribution is 2.29. The molecule has 0 saturated heterocycles. The fourth-order valence-electron chi connectivity index (χ4n) is 2.95. The van der Waals surface area contributed by atoms with Gasteiger partial charge in [0.15, 0.2) is 5.65 Å². The first-order valence-corrected chi connectivity index (χ1v) is 7.62. The van der Waals surface area contributed by atoms with Crippen LogP contribution in [0.1, 0.15) is 57.0 Å². The van der Waals surface area contributed by atoms with Gasteiger partial charge >= 0.3 is 0 Å². The molecule has 2 aromatic rings. The van der Waals surface area contributed by atoms with Crippen molar-refractivity contribution in [2.24, 2.45) is 0 Å². The molecule has 0 N–H and O–H groups in total. The van der Waals surface area contributed by atoms with Crippen LogP contribution in [0.15, 0.2) is 6.33 Å². The standard InChI is InChI=1S/C15H22N4O/c1-3-5-6-11(4-2)13-14-15(17-10-16-13)19-7-8-20-9-12(19)18-14/h10-11H,3-9H2,1-2H3. The van der Waals surface area contributed by atoms with Crippen LogP contribution < -0.4 is 0 Å². The molecule has 0 fully saturated rings. The molecule has 0 spiro atoms. The number of ether oxygens (including phenoxy) is 1. The van der Waals surface area contributed by atoms with E-state index in [9.17, 15) is 0 Å². The lowest BCUT2D eigenvalue weighted by molar-refractivity contribution is 0.0828. The van der Waals surface area contributed by atoms with Crippen LogP contribution in [-0.4, -0.2) is 26.1 Å². The van der Waals surface area contributed by atoms with Crippen LogP contribution in [0.25, 0.3) is 11.2 Å². The maximum Gasteiger partial charge on any atom is 0.163 e. The van der Waals surface area contributed by atoms with Gasteiger partial charge in [0.05, 0.1) is 12.3 Å². The van der Waals surface area contributed by atoms with Crippen molar-refractivity contribution >= 4 is 11.2 Å². The topological polar surface area (TPSA) is 52.8 Å². The van der Waals surface area contributed by atoms with E-state index in [1.807, 2.05) is 0 Å². The average molecular weight is 274 g/mol. The normalized spacial score (nSPS) is 16.3. The SMILES string of the molecule is CCCCC(CC)c1ncnc2c1nc1n2CCOC1. The summed E-state index contributed by atoms with van der Waals surface area (Å²) in [7, 11) is 0. The molecule has 1 aliphatic heterocycles. The summed E-state index contributed by atoms with van der Waals surface area (Å²) in [5, 5.41) is 0. The minimum atomic E-state index is 0.485. The number of hydrogen-bond acceptors (Lipinski definition) is 4. The van der Waals surface area contributed by atoms with Crippen molar-refractivity contribution in [1.29, 1.82) is 0 Å². The third-order valence-electron chi connectivity index (χ3n) is 4.12. The zero-order valence-electron chi connectivity index (χ0n) is 12.3. The van der Waals surface area contributed by atoms with Crippen LogP contribution in [0.2, 0.25) is 0 Å².